The van der Waals surface area contributed by atoms with Crippen LogP contribution in [0, 0.1) is 12.7 Å². The summed E-state index contributed by atoms with van der Waals surface area (Å²) < 4.78 is 25.1. The molecule has 8 nitrogen and oxygen atoms in total. The van der Waals surface area contributed by atoms with Gasteiger partial charge in [0.15, 0.2) is 16.7 Å². The molecular formula is C23H19FN2O6S. The van der Waals surface area contributed by atoms with Gasteiger partial charge in [0, 0.05) is 10.9 Å². The van der Waals surface area contributed by atoms with E-state index < -0.39 is 35.3 Å². The Morgan fingerprint density at radius 3 is 2.70 bits per heavy atom. The zero-order valence-electron chi connectivity index (χ0n) is 17.7. The Kier molecular flexibility index (Phi) is 6.10. The number of hydrogen-bond donors (Lipinski definition) is 1. The lowest BCUT2D eigenvalue weighted by molar-refractivity contribution is -0.142. The third-order valence-corrected chi connectivity index (χ3v) is 5.88. The molecule has 0 spiro atoms. The van der Waals surface area contributed by atoms with E-state index in [9.17, 15) is 23.9 Å². The number of nitrogens with zero attached hydrogens (tertiary/aromatic N) is 2. The summed E-state index contributed by atoms with van der Waals surface area (Å²) in [5.41, 5.74) is 0.0275. The molecule has 1 N–H and O–H groups in total. The van der Waals surface area contributed by atoms with Crippen LogP contribution >= 0.6 is 11.3 Å². The van der Waals surface area contributed by atoms with E-state index in [1.54, 1.807) is 31.4 Å². The van der Waals surface area contributed by atoms with Gasteiger partial charge in [0.2, 0.25) is 5.78 Å². The predicted octanol–water partition coefficient (Wildman–Crippen LogP) is 4.07. The Bertz CT molecular complexity index is 1280. The minimum absolute atomic E-state index is 0.00340. The number of carbonyl (C=O) groups excluding carboxylic acids is 3. The van der Waals surface area contributed by atoms with Crippen molar-refractivity contribution < 1.29 is 33.0 Å². The first-order valence-electron chi connectivity index (χ1n) is 10.0. The highest BCUT2D eigenvalue weighted by molar-refractivity contribution is 7.14. The Balaban J connectivity index is 1.79. The van der Waals surface area contributed by atoms with Crippen LogP contribution in [-0.4, -0.2) is 34.4 Å². The maximum atomic E-state index is 14.8. The van der Waals surface area contributed by atoms with Gasteiger partial charge in [0.05, 0.1) is 24.3 Å². The molecule has 170 valence electrons. The van der Waals surface area contributed by atoms with Gasteiger partial charge >= 0.3 is 5.97 Å². The van der Waals surface area contributed by atoms with Crippen molar-refractivity contribution in [2.45, 2.75) is 26.3 Å². The average Bonchev–Trinajstić information content (AvgIpc) is 3.47. The van der Waals surface area contributed by atoms with Gasteiger partial charge in [-0.2, -0.15) is 0 Å². The van der Waals surface area contributed by atoms with Crippen molar-refractivity contribution in [1.29, 1.82) is 0 Å². The van der Waals surface area contributed by atoms with Crippen molar-refractivity contribution in [2.75, 3.05) is 11.5 Å². The van der Waals surface area contributed by atoms with E-state index in [0.29, 0.717) is 11.5 Å². The van der Waals surface area contributed by atoms with E-state index >= 15 is 0 Å². The molecule has 3 aromatic rings. The van der Waals surface area contributed by atoms with Crippen molar-refractivity contribution in [3.05, 3.63) is 81.7 Å². The molecule has 1 aliphatic rings. The second-order valence-electron chi connectivity index (χ2n) is 7.20. The number of benzene rings is 1. The number of hydrogen-bond acceptors (Lipinski definition) is 8. The first-order valence-corrected chi connectivity index (χ1v) is 10.9. The smallest absolute Gasteiger partial charge is 0.311 e. The van der Waals surface area contributed by atoms with E-state index in [1.807, 2.05) is 0 Å². The zero-order valence-corrected chi connectivity index (χ0v) is 18.5. The summed E-state index contributed by atoms with van der Waals surface area (Å²) >= 11 is 1.02. The highest BCUT2D eigenvalue weighted by Crippen LogP contribution is 2.43. The molecule has 0 bridgehead atoms. The Labute approximate surface area is 191 Å². The van der Waals surface area contributed by atoms with Crippen LogP contribution in [0.5, 0.6) is 0 Å². The summed E-state index contributed by atoms with van der Waals surface area (Å²) in [6.07, 6.45) is -0.117. The molecule has 33 heavy (non-hydrogen) atoms. The molecule has 1 aliphatic heterocycles. The second kappa shape index (κ2) is 8.99. The Morgan fingerprint density at radius 1 is 1.27 bits per heavy atom. The lowest BCUT2D eigenvalue weighted by Gasteiger charge is -2.24. The highest BCUT2D eigenvalue weighted by Gasteiger charge is 2.47. The zero-order chi connectivity index (χ0) is 23.7. The van der Waals surface area contributed by atoms with Crippen LogP contribution in [-0.2, 0) is 20.7 Å². The van der Waals surface area contributed by atoms with Gasteiger partial charge in [-0.25, -0.2) is 9.37 Å². The maximum Gasteiger partial charge on any atom is 0.311 e. The number of ether oxygens (including phenoxy) is 1. The fourth-order valence-electron chi connectivity index (χ4n) is 3.56. The molecular weight excluding hydrogens is 451 g/mol. The van der Waals surface area contributed by atoms with E-state index in [4.69, 9.17) is 9.15 Å². The maximum absolute atomic E-state index is 14.8. The summed E-state index contributed by atoms with van der Waals surface area (Å²) in [5, 5.41) is 12.3. The molecule has 4 rings (SSSR count). The standard InChI is InChI=1S/C23H19FN2O6S/c1-3-31-17(27)10-13-11-33-23(25-13)26-19(14-6-4-5-7-15(14)24)18(21(29)22(26)30)20(28)16-9-8-12(2)32-16/h4-9,11,19,29H,3,10H2,1-2H3. The summed E-state index contributed by atoms with van der Waals surface area (Å²) in [5.74, 6) is -3.25. The van der Waals surface area contributed by atoms with Gasteiger partial charge < -0.3 is 14.3 Å². The van der Waals surface area contributed by atoms with Gasteiger partial charge in [-0.1, -0.05) is 18.2 Å². The SMILES string of the molecule is CCOC(=O)Cc1csc(N2C(=O)C(O)=C(C(=O)c3ccc(C)o3)C2c2ccccc2F)n1. The normalized spacial score (nSPS) is 15.9. The molecule has 0 aliphatic carbocycles. The number of esters is 1. The van der Waals surface area contributed by atoms with Gasteiger partial charge in [-0.15, -0.1) is 11.3 Å². The fraction of sp³-hybridized carbons (Fsp3) is 0.217. The number of rotatable bonds is 7. The van der Waals surface area contributed by atoms with Crippen LogP contribution in [0.1, 0.15) is 40.5 Å². The summed E-state index contributed by atoms with van der Waals surface area (Å²) in [6, 6.07) is 7.36. The van der Waals surface area contributed by atoms with Crippen LogP contribution in [0.4, 0.5) is 9.52 Å². The first-order chi connectivity index (χ1) is 15.8. The second-order valence-corrected chi connectivity index (χ2v) is 8.04. The number of carbonyl (C=O) groups is 3. The van der Waals surface area contributed by atoms with Gasteiger partial charge in [0.25, 0.3) is 5.91 Å². The van der Waals surface area contributed by atoms with E-state index in [2.05, 4.69) is 4.98 Å². The molecule has 0 fully saturated rings. The molecule has 0 radical (unpaired) electrons. The van der Waals surface area contributed by atoms with Crippen molar-refractivity contribution >= 4 is 34.1 Å². The lowest BCUT2D eigenvalue weighted by Crippen LogP contribution is -2.31. The van der Waals surface area contributed by atoms with Crippen molar-refractivity contribution in [2.24, 2.45) is 0 Å². The third-order valence-electron chi connectivity index (χ3n) is 4.99. The van der Waals surface area contributed by atoms with E-state index in [0.717, 1.165) is 16.2 Å². The minimum Gasteiger partial charge on any atom is -0.503 e. The average molecular weight is 470 g/mol. The van der Waals surface area contributed by atoms with Gasteiger partial charge in [-0.05, 0) is 32.0 Å². The van der Waals surface area contributed by atoms with Gasteiger partial charge in [-0.3, -0.25) is 19.3 Å². The third kappa shape index (κ3) is 4.17. The molecule has 2 aromatic heterocycles. The molecule has 1 aromatic carbocycles. The van der Waals surface area contributed by atoms with Crippen LogP contribution in [0.25, 0.3) is 0 Å². The molecule has 0 saturated heterocycles. The Hall–Kier alpha value is -3.79. The van der Waals surface area contributed by atoms with Gasteiger partial charge in [0.1, 0.15) is 17.6 Å². The summed E-state index contributed by atoms with van der Waals surface area (Å²) in [7, 11) is 0. The fourth-order valence-corrected chi connectivity index (χ4v) is 4.41. The van der Waals surface area contributed by atoms with Crippen LogP contribution in [0.15, 0.2) is 57.5 Å². The predicted molar refractivity (Wildman–Crippen MR) is 117 cm³/mol. The number of anilines is 1. The first kappa shape index (κ1) is 22.4. The van der Waals surface area contributed by atoms with Crippen molar-refractivity contribution in [3.8, 4) is 0 Å². The number of thiazole rings is 1. The number of aromatic nitrogens is 1. The quantitative estimate of drug-likeness (QED) is 0.409. The number of halogens is 1. The van der Waals surface area contributed by atoms with Crippen molar-refractivity contribution in [1.82, 2.24) is 4.98 Å². The molecule has 1 unspecified atom stereocenters. The minimum atomic E-state index is -1.28. The number of aliphatic hydroxyl groups excluding tert-OH is 1. The highest BCUT2D eigenvalue weighted by atomic mass is 32.1. The number of aryl methyl sites for hydroxylation is 1. The number of amides is 1. The lowest BCUT2D eigenvalue weighted by atomic mass is 9.95. The molecule has 3 heterocycles. The van der Waals surface area contributed by atoms with Crippen LogP contribution in [0.3, 0.4) is 0 Å². The number of Topliss-reactive ketones (excluding diaryl/α,β-unsaturated/α-hetero) is 1. The van der Waals surface area contributed by atoms with E-state index in [-0.39, 0.29) is 35.1 Å². The Morgan fingerprint density at radius 2 is 2.03 bits per heavy atom. The number of furan rings is 1. The molecule has 0 saturated carbocycles. The largest absolute Gasteiger partial charge is 0.503 e. The molecule has 10 heteroatoms. The topological polar surface area (TPSA) is 110 Å². The summed E-state index contributed by atoms with van der Waals surface area (Å²) in [6.45, 7) is 3.54. The molecule has 1 amide bonds. The monoisotopic (exact) mass is 470 g/mol. The summed E-state index contributed by atoms with van der Waals surface area (Å²) in [4.78, 5) is 43.4. The van der Waals surface area contributed by atoms with Crippen molar-refractivity contribution in [3.63, 3.8) is 0 Å². The number of aliphatic hydroxyl groups is 1. The number of ketones is 1. The molecule has 1 atom stereocenters. The van der Waals surface area contributed by atoms with Crippen LogP contribution < -0.4 is 4.90 Å². The van der Waals surface area contributed by atoms with Crippen LogP contribution in [0.2, 0.25) is 0 Å². The van der Waals surface area contributed by atoms with E-state index in [1.165, 1.54) is 24.3 Å².